The van der Waals surface area contributed by atoms with Crippen LogP contribution in [0.3, 0.4) is 0 Å². The van der Waals surface area contributed by atoms with Crippen molar-refractivity contribution in [1.82, 2.24) is 14.8 Å². The third kappa shape index (κ3) is 1.44. The number of nitrogens with zero attached hydrogens (tertiary/aromatic N) is 2. The van der Waals surface area contributed by atoms with Gasteiger partial charge in [0.2, 0.25) is 0 Å². The van der Waals surface area contributed by atoms with Gasteiger partial charge in [-0.2, -0.15) is 0 Å². The summed E-state index contributed by atoms with van der Waals surface area (Å²) in [5, 5.41) is 3.73. The smallest absolute Gasteiger partial charge is 0.276 e. The molecule has 0 aliphatic carbocycles. The first-order valence-electron chi connectivity index (χ1n) is 5.49. The fourth-order valence-electron chi connectivity index (χ4n) is 2.16. The van der Waals surface area contributed by atoms with Crippen LogP contribution in [-0.4, -0.2) is 28.0 Å². The van der Waals surface area contributed by atoms with Gasteiger partial charge in [0, 0.05) is 19.4 Å². The van der Waals surface area contributed by atoms with E-state index in [1.54, 1.807) is 23.0 Å². The van der Waals surface area contributed by atoms with Crippen LogP contribution in [0.1, 0.15) is 18.9 Å². The van der Waals surface area contributed by atoms with Gasteiger partial charge in [-0.15, -0.1) is 0 Å². The Kier molecular flexibility index (Phi) is 2.25. The van der Waals surface area contributed by atoms with Crippen molar-refractivity contribution in [3.05, 3.63) is 28.7 Å². The first-order valence-corrected chi connectivity index (χ1v) is 5.49. The van der Waals surface area contributed by atoms with Crippen molar-refractivity contribution in [3.63, 3.8) is 0 Å². The van der Waals surface area contributed by atoms with Gasteiger partial charge in [0.15, 0.2) is 5.65 Å². The van der Waals surface area contributed by atoms with E-state index in [9.17, 15) is 4.79 Å². The number of pyridine rings is 1. The van der Waals surface area contributed by atoms with Crippen molar-refractivity contribution in [3.8, 4) is 0 Å². The lowest BCUT2D eigenvalue weighted by Crippen LogP contribution is -2.27. The van der Waals surface area contributed by atoms with Crippen LogP contribution < -0.4 is 5.56 Å². The fraction of sp³-hybridized carbons (Fsp3) is 0.455. The SMILES string of the molecule is O=c1c2cccnc2[nH]n1C1CCOCC1. The molecule has 0 radical (unpaired) electrons. The van der Waals surface area contributed by atoms with E-state index in [0.717, 1.165) is 26.1 Å². The second kappa shape index (κ2) is 3.75. The predicted octanol–water partition coefficient (Wildman–Crippen LogP) is 1.08. The quantitative estimate of drug-likeness (QED) is 0.780. The second-order valence-electron chi connectivity index (χ2n) is 4.03. The number of H-pyrrole nitrogens is 1. The summed E-state index contributed by atoms with van der Waals surface area (Å²) in [5.41, 5.74) is 0.689. The molecule has 0 spiro atoms. The number of nitrogens with one attached hydrogen (secondary N) is 1. The first kappa shape index (κ1) is 9.59. The largest absolute Gasteiger partial charge is 0.381 e. The summed E-state index contributed by atoms with van der Waals surface area (Å²) in [5.74, 6) is 0. The van der Waals surface area contributed by atoms with Crippen molar-refractivity contribution in [2.24, 2.45) is 0 Å². The Balaban J connectivity index is 2.09. The van der Waals surface area contributed by atoms with Crippen LogP contribution in [-0.2, 0) is 4.74 Å². The maximum atomic E-state index is 12.1. The lowest BCUT2D eigenvalue weighted by molar-refractivity contribution is 0.0655. The molecule has 3 rings (SSSR count). The molecule has 0 unspecified atom stereocenters. The van der Waals surface area contributed by atoms with Crippen molar-refractivity contribution in [2.45, 2.75) is 18.9 Å². The summed E-state index contributed by atoms with van der Waals surface area (Å²) in [6, 6.07) is 3.80. The molecule has 1 aliphatic heterocycles. The first-order chi connectivity index (χ1) is 7.86. The molecule has 5 nitrogen and oxygen atoms in total. The summed E-state index contributed by atoms with van der Waals surface area (Å²) in [6.45, 7) is 1.44. The molecular weight excluding hydrogens is 206 g/mol. The second-order valence-corrected chi connectivity index (χ2v) is 4.03. The van der Waals surface area contributed by atoms with E-state index in [1.807, 2.05) is 0 Å². The predicted molar refractivity (Wildman–Crippen MR) is 59.4 cm³/mol. The third-order valence-corrected chi connectivity index (χ3v) is 3.04. The molecule has 5 heteroatoms. The monoisotopic (exact) mass is 219 g/mol. The lowest BCUT2D eigenvalue weighted by Gasteiger charge is -2.22. The molecule has 16 heavy (non-hydrogen) atoms. The Labute approximate surface area is 92.0 Å². The van der Waals surface area contributed by atoms with E-state index in [1.165, 1.54) is 0 Å². The highest BCUT2D eigenvalue weighted by Crippen LogP contribution is 2.19. The highest BCUT2D eigenvalue weighted by atomic mass is 16.5. The van der Waals surface area contributed by atoms with Crippen molar-refractivity contribution >= 4 is 11.0 Å². The van der Waals surface area contributed by atoms with E-state index in [2.05, 4.69) is 10.1 Å². The Bertz CT molecular complexity index is 552. The van der Waals surface area contributed by atoms with Gasteiger partial charge in [-0.25, -0.2) is 9.67 Å². The molecule has 3 heterocycles. The highest BCUT2D eigenvalue weighted by molar-refractivity contribution is 5.73. The number of aromatic amines is 1. The van der Waals surface area contributed by atoms with Gasteiger partial charge in [-0.05, 0) is 25.0 Å². The molecule has 2 aromatic heterocycles. The number of ether oxygens (including phenoxy) is 1. The van der Waals surface area contributed by atoms with E-state index in [0.29, 0.717) is 11.0 Å². The summed E-state index contributed by atoms with van der Waals surface area (Å²) in [6.07, 6.45) is 3.45. The summed E-state index contributed by atoms with van der Waals surface area (Å²) in [7, 11) is 0. The average molecular weight is 219 g/mol. The number of hydrogen-bond donors (Lipinski definition) is 1. The molecule has 0 saturated carbocycles. The number of hydrogen-bond acceptors (Lipinski definition) is 3. The summed E-state index contributed by atoms with van der Waals surface area (Å²) < 4.78 is 6.98. The van der Waals surface area contributed by atoms with E-state index in [4.69, 9.17) is 4.74 Å². The van der Waals surface area contributed by atoms with Crippen LogP contribution in [0.25, 0.3) is 11.0 Å². The Morgan fingerprint density at radius 1 is 1.44 bits per heavy atom. The van der Waals surface area contributed by atoms with E-state index < -0.39 is 0 Å². The molecule has 2 aromatic rings. The molecule has 1 N–H and O–H groups in total. The topological polar surface area (TPSA) is 59.9 Å². The van der Waals surface area contributed by atoms with Gasteiger partial charge < -0.3 is 4.74 Å². The molecule has 1 saturated heterocycles. The molecular formula is C11H13N3O2. The molecule has 0 amide bonds. The highest BCUT2D eigenvalue weighted by Gasteiger charge is 2.19. The lowest BCUT2D eigenvalue weighted by atomic mass is 10.1. The maximum absolute atomic E-state index is 12.1. The molecule has 1 aliphatic rings. The minimum atomic E-state index is 0.0231. The van der Waals surface area contributed by atoms with Crippen LogP contribution in [0.15, 0.2) is 23.1 Å². The van der Waals surface area contributed by atoms with Gasteiger partial charge >= 0.3 is 0 Å². The number of aromatic nitrogens is 3. The summed E-state index contributed by atoms with van der Waals surface area (Å²) in [4.78, 5) is 16.2. The standard InChI is InChI=1S/C11H13N3O2/c15-11-9-2-1-5-12-10(9)13-14(11)8-3-6-16-7-4-8/h1-2,5,8H,3-4,6-7H2,(H,12,13). The molecule has 1 fully saturated rings. The normalized spacial score (nSPS) is 18.0. The van der Waals surface area contributed by atoms with Crippen LogP contribution >= 0.6 is 0 Å². The van der Waals surface area contributed by atoms with Crippen LogP contribution in [0.5, 0.6) is 0 Å². The van der Waals surface area contributed by atoms with Crippen molar-refractivity contribution < 1.29 is 4.74 Å². The Morgan fingerprint density at radius 2 is 2.25 bits per heavy atom. The van der Waals surface area contributed by atoms with Crippen molar-refractivity contribution in [2.75, 3.05) is 13.2 Å². The van der Waals surface area contributed by atoms with E-state index >= 15 is 0 Å². The van der Waals surface area contributed by atoms with Gasteiger partial charge in [0.05, 0.1) is 11.4 Å². The number of fused-ring (bicyclic) bond motifs is 1. The third-order valence-electron chi connectivity index (χ3n) is 3.04. The molecule has 0 bridgehead atoms. The van der Waals surface area contributed by atoms with Crippen LogP contribution in [0, 0.1) is 0 Å². The molecule has 0 aromatic carbocycles. The van der Waals surface area contributed by atoms with Crippen LogP contribution in [0.4, 0.5) is 0 Å². The maximum Gasteiger partial charge on any atom is 0.276 e. The van der Waals surface area contributed by atoms with Gasteiger partial charge in [0.1, 0.15) is 0 Å². The van der Waals surface area contributed by atoms with E-state index in [-0.39, 0.29) is 11.6 Å². The van der Waals surface area contributed by atoms with Gasteiger partial charge in [-0.1, -0.05) is 0 Å². The zero-order valence-electron chi connectivity index (χ0n) is 8.85. The van der Waals surface area contributed by atoms with Crippen LogP contribution in [0.2, 0.25) is 0 Å². The average Bonchev–Trinajstić information content (AvgIpc) is 2.69. The zero-order valence-corrected chi connectivity index (χ0v) is 8.85. The van der Waals surface area contributed by atoms with Crippen molar-refractivity contribution in [1.29, 1.82) is 0 Å². The Hall–Kier alpha value is -1.62. The van der Waals surface area contributed by atoms with Gasteiger partial charge in [0.25, 0.3) is 5.56 Å². The minimum absolute atomic E-state index is 0.0231. The molecule has 0 atom stereocenters. The summed E-state index contributed by atoms with van der Waals surface area (Å²) >= 11 is 0. The molecule has 84 valence electrons. The fourth-order valence-corrected chi connectivity index (χ4v) is 2.16. The Morgan fingerprint density at radius 3 is 3.00 bits per heavy atom. The number of rotatable bonds is 1. The zero-order chi connectivity index (χ0) is 11.0. The van der Waals surface area contributed by atoms with Gasteiger partial charge in [-0.3, -0.25) is 9.89 Å². The minimum Gasteiger partial charge on any atom is -0.381 e.